The molecule has 1 heterocycles. The molecule has 1 atom stereocenters. The van der Waals surface area contributed by atoms with E-state index in [-0.39, 0.29) is 54.9 Å². The summed E-state index contributed by atoms with van der Waals surface area (Å²) in [6.07, 6.45) is 2.16. The van der Waals surface area contributed by atoms with Crippen LogP contribution in [0.25, 0.3) is 11.1 Å². The van der Waals surface area contributed by atoms with Crippen LogP contribution in [0.5, 0.6) is 0 Å². The number of aromatic nitrogens is 1. The molecule has 1 unspecified atom stereocenters. The molecule has 0 radical (unpaired) electrons. The van der Waals surface area contributed by atoms with Crippen LogP contribution < -0.4 is 50.6 Å². The fourth-order valence-electron chi connectivity index (χ4n) is 3.57. The largest absolute Gasteiger partial charge is 1.00 e. The van der Waals surface area contributed by atoms with Crippen molar-refractivity contribution in [2.75, 3.05) is 18.4 Å². The number of carboxylic acid groups (broad SMARTS) is 1. The molecular weight excluding hydrogens is 467 g/mol. The minimum atomic E-state index is -1.28. The van der Waals surface area contributed by atoms with E-state index in [1.165, 1.54) is 0 Å². The van der Waals surface area contributed by atoms with E-state index in [0.29, 0.717) is 18.5 Å². The molecule has 0 saturated heterocycles. The molecule has 0 bridgehead atoms. The molecule has 8 nitrogen and oxygen atoms in total. The van der Waals surface area contributed by atoms with Crippen molar-refractivity contribution in [2.24, 2.45) is 0 Å². The van der Waals surface area contributed by atoms with E-state index in [2.05, 4.69) is 20.9 Å². The summed E-state index contributed by atoms with van der Waals surface area (Å²) < 4.78 is 0. The average molecular weight is 497 g/mol. The van der Waals surface area contributed by atoms with E-state index < -0.39 is 17.9 Å². The third-order valence-corrected chi connectivity index (χ3v) is 5.37. The van der Waals surface area contributed by atoms with Crippen molar-refractivity contribution in [1.29, 1.82) is 0 Å². The molecule has 182 valence electrons. The minimum Gasteiger partial charge on any atom is -0.550 e. The third-order valence-electron chi connectivity index (χ3n) is 5.37. The summed E-state index contributed by atoms with van der Waals surface area (Å²) in [4.78, 5) is 39.9. The summed E-state index contributed by atoms with van der Waals surface area (Å²) in [5, 5.41) is 19.6. The van der Waals surface area contributed by atoms with Crippen LogP contribution in [0.3, 0.4) is 0 Å². The second kappa shape index (κ2) is 15.0. The molecule has 0 spiro atoms. The van der Waals surface area contributed by atoms with Crippen LogP contribution in [0.2, 0.25) is 0 Å². The Morgan fingerprint density at radius 1 is 0.944 bits per heavy atom. The third kappa shape index (κ3) is 9.81. The van der Waals surface area contributed by atoms with Crippen LogP contribution in [0.1, 0.15) is 36.4 Å². The Morgan fingerprint density at radius 3 is 2.31 bits per heavy atom. The SMILES string of the molecule is Cc1ccnc(NCCCC(=O)NCC(=O)NC(CC(=O)[O-])c2ccc(-c3ccccc3)cc2)c1.[Na+]. The Balaban J connectivity index is 0.00000456. The summed E-state index contributed by atoms with van der Waals surface area (Å²) in [5.74, 6) is -1.26. The predicted octanol–water partition coefficient (Wildman–Crippen LogP) is -0.633. The van der Waals surface area contributed by atoms with E-state index in [1.807, 2.05) is 61.5 Å². The molecule has 2 amide bonds. The molecule has 0 aliphatic heterocycles. The van der Waals surface area contributed by atoms with Gasteiger partial charge in [-0.05, 0) is 47.7 Å². The smallest absolute Gasteiger partial charge is 0.550 e. The minimum absolute atomic E-state index is 0. The van der Waals surface area contributed by atoms with Crippen molar-refractivity contribution in [2.45, 2.75) is 32.2 Å². The van der Waals surface area contributed by atoms with E-state index in [1.54, 1.807) is 18.3 Å². The number of rotatable bonds is 12. The van der Waals surface area contributed by atoms with Gasteiger partial charge < -0.3 is 25.9 Å². The Hall–Kier alpha value is -3.20. The number of hydrogen-bond donors (Lipinski definition) is 3. The van der Waals surface area contributed by atoms with E-state index >= 15 is 0 Å². The van der Waals surface area contributed by atoms with Gasteiger partial charge >= 0.3 is 29.6 Å². The quantitative estimate of drug-likeness (QED) is 0.227. The van der Waals surface area contributed by atoms with Crippen LogP contribution in [0.15, 0.2) is 72.9 Å². The summed E-state index contributed by atoms with van der Waals surface area (Å²) in [6.45, 7) is 2.31. The molecule has 0 saturated carbocycles. The normalized spacial score (nSPS) is 11.0. The van der Waals surface area contributed by atoms with Crippen LogP contribution >= 0.6 is 0 Å². The standard InChI is InChI=1S/C27H30N4O4.Na/c1-19-13-15-29-24(16-19)28-14-5-8-25(32)30-18-26(33)31-23(17-27(34)35)22-11-9-21(10-12-22)20-6-3-2-4-7-20;/h2-4,6-7,9-13,15-16,23H,5,8,14,17-18H2,1H3,(H,28,29)(H,30,32)(H,31,33)(H,34,35);/q;+1/p-1. The number of aryl methyl sites for hydroxylation is 1. The molecule has 9 heteroatoms. The number of carbonyl (C=O) groups excluding carboxylic acids is 3. The first-order chi connectivity index (χ1) is 16.9. The molecule has 0 fully saturated rings. The fraction of sp³-hybridized carbons (Fsp3) is 0.259. The first-order valence-corrected chi connectivity index (χ1v) is 11.5. The zero-order valence-electron chi connectivity index (χ0n) is 20.6. The summed E-state index contributed by atoms with van der Waals surface area (Å²) in [7, 11) is 0. The van der Waals surface area contributed by atoms with Gasteiger partial charge in [-0.2, -0.15) is 0 Å². The zero-order valence-corrected chi connectivity index (χ0v) is 22.6. The maximum Gasteiger partial charge on any atom is 1.00 e. The second-order valence-electron chi connectivity index (χ2n) is 8.21. The van der Waals surface area contributed by atoms with Crippen molar-refractivity contribution in [3.05, 3.63) is 84.1 Å². The number of pyridine rings is 1. The zero-order chi connectivity index (χ0) is 25.0. The molecule has 36 heavy (non-hydrogen) atoms. The monoisotopic (exact) mass is 496 g/mol. The van der Waals surface area contributed by atoms with Crippen LogP contribution in [-0.2, 0) is 14.4 Å². The number of carbonyl (C=O) groups is 3. The Bertz CT molecular complexity index is 1140. The van der Waals surface area contributed by atoms with Crippen molar-refractivity contribution in [1.82, 2.24) is 15.6 Å². The van der Waals surface area contributed by atoms with E-state index in [9.17, 15) is 19.5 Å². The van der Waals surface area contributed by atoms with Gasteiger partial charge in [-0.15, -0.1) is 0 Å². The molecule has 0 aliphatic rings. The topological polar surface area (TPSA) is 123 Å². The van der Waals surface area contributed by atoms with Crippen molar-refractivity contribution >= 4 is 23.6 Å². The molecule has 0 aliphatic carbocycles. The summed E-state index contributed by atoms with van der Waals surface area (Å²) >= 11 is 0. The number of nitrogens with zero attached hydrogens (tertiary/aromatic N) is 1. The number of benzene rings is 2. The van der Waals surface area contributed by atoms with Crippen molar-refractivity contribution in [3.63, 3.8) is 0 Å². The predicted molar refractivity (Wildman–Crippen MR) is 132 cm³/mol. The van der Waals surface area contributed by atoms with Gasteiger partial charge in [-0.3, -0.25) is 9.59 Å². The fourth-order valence-corrected chi connectivity index (χ4v) is 3.57. The molecule has 2 aromatic carbocycles. The Morgan fingerprint density at radius 2 is 1.64 bits per heavy atom. The van der Waals surface area contributed by atoms with Crippen LogP contribution in [-0.4, -0.2) is 35.9 Å². The van der Waals surface area contributed by atoms with Gasteiger partial charge in [0.25, 0.3) is 0 Å². The van der Waals surface area contributed by atoms with Crippen molar-refractivity contribution < 1.29 is 49.0 Å². The summed E-state index contributed by atoms with van der Waals surface area (Å²) in [6, 6.07) is 20.1. The first kappa shape index (κ1) is 29.0. The molecule has 3 rings (SSSR count). The van der Waals surface area contributed by atoms with E-state index in [4.69, 9.17) is 0 Å². The Labute approximate surface area is 233 Å². The maximum absolute atomic E-state index is 12.4. The van der Waals surface area contributed by atoms with Gasteiger partial charge in [0.1, 0.15) is 5.82 Å². The maximum atomic E-state index is 12.4. The first-order valence-electron chi connectivity index (χ1n) is 11.5. The number of amides is 2. The number of carboxylic acids is 1. The second-order valence-corrected chi connectivity index (χ2v) is 8.21. The molecule has 1 aromatic heterocycles. The average Bonchev–Trinajstić information content (AvgIpc) is 2.85. The number of hydrogen-bond acceptors (Lipinski definition) is 6. The van der Waals surface area contributed by atoms with Gasteiger partial charge in [-0.25, -0.2) is 4.98 Å². The van der Waals surface area contributed by atoms with Gasteiger partial charge in [0, 0.05) is 31.6 Å². The van der Waals surface area contributed by atoms with Gasteiger partial charge in [0.2, 0.25) is 11.8 Å². The van der Waals surface area contributed by atoms with Gasteiger partial charge in [0.15, 0.2) is 0 Å². The Kier molecular flexibility index (Phi) is 12.1. The van der Waals surface area contributed by atoms with Crippen molar-refractivity contribution in [3.8, 4) is 11.1 Å². The van der Waals surface area contributed by atoms with Crippen LogP contribution in [0, 0.1) is 6.92 Å². The molecule has 3 aromatic rings. The molecular formula is C27H29N4NaO4. The van der Waals surface area contributed by atoms with Crippen LogP contribution in [0.4, 0.5) is 5.82 Å². The van der Waals surface area contributed by atoms with Gasteiger partial charge in [-0.1, -0.05) is 54.6 Å². The van der Waals surface area contributed by atoms with Gasteiger partial charge in [0.05, 0.1) is 12.6 Å². The number of nitrogens with one attached hydrogen (secondary N) is 3. The molecule has 3 N–H and O–H groups in total. The number of anilines is 1. The van der Waals surface area contributed by atoms with E-state index in [0.717, 1.165) is 22.5 Å². The number of aliphatic carboxylic acids is 1. The summed E-state index contributed by atoms with van der Waals surface area (Å²) in [5.41, 5.74) is 3.75.